The van der Waals surface area contributed by atoms with Gasteiger partial charge < -0.3 is 23.6 Å². The molecule has 0 saturated carbocycles. The molecule has 0 bridgehead atoms. The third kappa shape index (κ3) is 3.51. The van der Waals surface area contributed by atoms with Crippen molar-refractivity contribution in [3.05, 3.63) is 24.4 Å². The van der Waals surface area contributed by atoms with Gasteiger partial charge in [0.15, 0.2) is 17.2 Å². The number of nitrogens with zero attached hydrogens (tertiary/aromatic N) is 3. The van der Waals surface area contributed by atoms with Crippen LogP contribution in [0.15, 0.2) is 23.1 Å². The number of aromatic nitrogens is 4. The molecule has 3 aromatic heterocycles. The lowest BCUT2D eigenvalue weighted by atomic mass is 10.4. The van der Waals surface area contributed by atoms with Crippen LogP contribution in [0, 0.1) is 0 Å². The van der Waals surface area contributed by atoms with E-state index in [0.29, 0.717) is 29.4 Å². The molecule has 0 unspecified atom stereocenters. The van der Waals surface area contributed by atoms with Gasteiger partial charge >= 0.3 is 16.1 Å². The number of imidazole rings is 1. The zero-order valence-corrected chi connectivity index (χ0v) is 13.0. The van der Waals surface area contributed by atoms with E-state index in [0.717, 1.165) is 6.26 Å². The van der Waals surface area contributed by atoms with Crippen LogP contribution < -0.4 is 14.2 Å². The summed E-state index contributed by atoms with van der Waals surface area (Å²) in [7, 11) is -2.20. The number of H-pyrrole nitrogens is 1. The molecule has 0 spiro atoms. The van der Waals surface area contributed by atoms with Crippen LogP contribution in [0.4, 0.5) is 5.82 Å². The molecule has 0 aliphatic rings. The zero-order valence-electron chi connectivity index (χ0n) is 12.2. The smallest absolute Gasteiger partial charge is 0.337 e. The molecular weight excluding hydrogens is 326 g/mol. The van der Waals surface area contributed by atoms with Crippen LogP contribution in [-0.2, 0) is 16.7 Å². The van der Waals surface area contributed by atoms with Crippen molar-refractivity contribution in [3.63, 3.8) is 0 Å². The van der Waals surface area contributed by atoms with E-state index in [1.54, 1.807) is 6.07 Å². The Morgan fingerprint density at radius 2 is 2.22 bits per heavy atom. The maximum Gasteiger partial charge on any atom is 0.337 e. The van der Waals surface area contributed by atoms with Crippen LogP contribution in [0.2, 0.25) is 0 Å². The highest BCUT2D eigenvalue weighted by Gasteiger charge is 2.14. The maximum absolute atomic E-state index is 11.2. The van der Waals surface area contributed by atoms with Crippen LogP contribution in [0.5, 0.6) is 11.8 Å². The highest BCUT2D eigenvalue weighted by Crippen LogP contribution is 2.22. The van der Waals surface area contributed by atoms with Gasteiger partial charge in [-0.05, 0) is 0 Å². The van der Waals surface area contributed by atoms with Gasteiger partial charge in [-0.1, -0.05) is 0 Å². The second-order valence-corrected chi connectivity index (χ2v) is 6.12. The van der Waals surface area contributed by atoms with E-state index in [1.807, 2.05) is 0 Å². The van der Waals surface area contributed by atoms with Crippen LogP contribution in [0.1, 0.15) is 5.76 Å². The van der Waals surface area contributed by atoms with Crippen molar-refractivity contribution >= 4 is 27.1 Å². The van der Waals surface area contributed by atoms with Gasteiger partial charge in [-0.25, -0.2) is 4.98 Å². The molecule has 10 nitrogen and oxygen atoms in total. The summed E-state index contributed by atoms with van der Waals surface area (Å²) in [5, 5.41) is 3.01. The molecule has 122 valence electrons. The Hall–Kier alpha value is -2.82. The molecule has 0 fully saturated rings. The predicted molar refractivity (Wildman–Crippen MR) is 79.7 cm³/mol. The fourth-order valence-corrected chi connectivity index (χ4v) is 2.19. The first-order valence-corrected chi connectivity index (χ1v) is 8.22. The third-order valence-corrected chi connectivity index (χ3v) is 3.24. The van der Waals surface area contributed by atoms with Crippen LogP contribution in [0.25, 0.3) is 11.2 Å². The highest BCUT2D eigenvalue weighted by molar-refractivity contribution is 7.86. The number of aromatic amines is 1. The molecule has 0 amide bonds. The molecule has 3 aromatic rings. The molecule has 3 rings (SSSR count). The Morgan fingerprint density at radius 3 is 2.91 bits per heavy atom. The minimum absolute atomic E-state index is 0.276. The van der Waals surface area contributed by atoms with E-state index < -0.39 is 10.1 Å². The number of nitrogens with one attached hydrogen (secondary N) is 2. The molecule has 0 aliphatic carbocycles. The Kier molecular flexibility index (Phi) is 3.78. The fourth-order valence-electron chi connectivity index (χ4n) is 1.84. The first-order valence-electron chi connectivity index (χ1n) is 6.40. The predicted octanol–water partition coefficient (Wildman–Crippen LogP) is 0.905. The molecule has 11 heteroatoms. The summed E-state index contributed by atoms with van der Waals surface area (Å²) in [6.45, 7) is 0.298. The first kappa shape index (κ1) is 15.1. The first-order chi connectivity index (χ1) is 10.9. The number of hydrogen-bond donors (Lipinski definition) is 2. The summed E-state index contributed by atoms with van der Waals surface area (Å²) in [5.74, 6) is 1.54. The molecule has 3 heterocycles. The average Bonchev–Trinajstić information content (AvgIpc) is 3.11. The van der Waals surface area contributed by atoms with Gasteiger partial charge in [-0.3, -0.25) is 0 Å². The van der Waals surface area contributed by atoms with Crippen molar-refractivity contribution in [1.82, 2.24) is 19.9 Å². The number of hydrogen-bond acceptors (Lipinski definition) is 9. The lowest BCUT2D eigenvalue weighted by Crippen LogP contribution is -2.10. The van der Waals surface area contributed by atoms with Gasteiger partial charge in [-0.15, -0.1) is 0 Å². The fraction of sp³-hybridized carbons (Fsp3) is 0.250. The molecule has 0 aliphatic heterocycles. The molecule has 0 radical (unpaired) electrons. The Balaban J connectivity index is 1.87. The second kappa shape index (κ2) is 5.76. The minimum Gasteiger partial charge on any atom is -0.493 e. The van der Waals surface area contributed by atoms with Gasteiger partial charge in [-0.2, -0.15) is 18.4 Å². The van der Waals surface area contributed by atoms with Crippen LogP contribution in [0.3, 0.4) is 0 Å². The third-order valence-electron chi connectivity index (χ3n) is 2.79. The molecule has 23 heavy (non-hydrogen) atoms. The van der Waals surface area contributed by atoms with Crippen molar-refractivity contribution in [2.24, 2.45) is 0 Å². The molecular formula is C12H13N5O5S. The van der Waals surface area contributed by atoms with Gasteiger partial charge in [0.1, 0.15) is 17.5 Å². The van der Waals surface area contributed by atoms with Crippen LogP contribution in [-0.4, -0.2) is 41.7 Å². The van der Waals surface area contributed by atoms with Crippen molar-refractivity contribution < 1.29 is 21.8 Å². The molecule has 0 atom stereocenters. The Morgan fingerprint density at radius 1 is 1.39 bits per heavy atom. The number of furan rings is 1. The van der Waals surface area contributed by atoms with Crippen molar-refractivity contribution in [1.29, 1.82) is 0 Å². The van der Waals surface area contributed by atoms with Crippen LogP contribution >= 0.6 is 0 Å². The lowest BCUT2D eigenvalue weighted by molar-refractivity contribution is 0.404. The SMILES string of the molecule is COc1coc(CNc2nc(OS(C)(=O)=O)nc3nc[nH]c23)c1. The number of methoxy groups -OCH3 is 1. The van der Waals surface area contributed by atoms with Crippen molar-refractivity contribution in [2.45, 2.75) is 6.54 Å². The summed E-state index contributed by atoms with van der Waals surface area (Å²) < 4.78 is 37.5. The summed E-state index contributed by atoms with van der Waals surface area (Å²) in [6, 6.07) is 1.40. The monoisotopic (exact) mass is 339 g/mol. The van der Waals surface area contributed by atoms with E-state index >= 15 is 0 Å². The Bertz CT molecular complexity index is 932. The van der Waals surface area contributed by atoms with E-state index in [2.05, 4.69) is 25.3 Å². The van der Waals surface area contributed by atoms with Gasteiger partial charge in [0.05, 0.1) is 26.2 Å². The average molecular weight is 339 g/mol. The summed E-state index contributed by atoms with van der Waals surface area (Å²) in [4.78, 5) is 14.8. The summed E-state index contributed by atoms with van der Waals surface area (Å²) in [6.07, 6.45) is 3.80. The summed E-state index contributed by atoms with van der Waals surface area (Å²) in [5.41, 5.74) is 0.794. The summed E-state index contributed by atoms with van der Waals surface area (Å²) >= 11 is 0. The number of ether oxygens (including phenoxy) is 1. The van der Waals surface area contributed by atoms with E-state index in [-0.39, 0.29) is 11.7 Å². The number of anilines is 1. The molecule has 0 saturated heterocycles. The number of rotatable bonds is 6. The van der Waals surface area contributed by atoms with Crippen molar-refractivity contribution in [3.8, 4) is 11.8 Å². The minimum atomic E-state index is -3.74. The Labute approximate surface area is 131 Å². The largest absolute Gasteiger partial charge is 0.493 e. The molecule has 2 N–H and O–H groups in total. The quantitative estimate of drug-likeness (QED) is 0.628. The van der Waals surface area contributed by atoms with E-state index in [9.17, 15) is 8.42 Å². The van der Waals surface area contributed by atoms with E-state index in [1.165, 1.54) is 19.7 Å². The van der Waals surface area contributed by atoms with Gasteiger partial charge in [0.25, 0.3) is 0 Å². The number of fused-ring (bicyclic) bond motifs is 1. The highest BCUT2D eigenvalue weighted by atomic mass is 32.2. The van der Waals surface area contributed by atoms with Gasteiger partial charge in [0, 0.05) is 6.07 Å². The normalized spacial score (nSPS) is 11.6. The van der Waals surface area contributed by atoms with Crippen molar-refractivity contribution in [2.75, 3.05) is 18.7 Å². The standard InChI is InChI=1S/C12H13N5O5S/c1-20-8-3-7(21-5-8)4-13-10-9-11(15-6-14-9)17-12(16-10)22-23(2,18)19/h3,5-6H,4H2,1-2H3,(H2,13,14,15,16,17). The lowest BCUT2D eigenvalue weighted by Gasteiger charge is -2.06. The molecule has 0 aromatic carbocycles. The van der Waals surface area contributed by atoms with E-state index in [4.69, 9.17) is 13.3 Å². The maximum atomic E-state index is 11.2. The van der Waals surface area contributed by atoms with Gasteiger partial charge in [0.2, 0.25) is 0 Å². The topological polar surface area (TPSA) is 132 Å². The second-order valence-electron chi connectivity index (χ2n) is 4.55. The zero-order chi connectivity index (χ0) is 16.4.